The van der Waals surface area contributed by atoms with Gasteiger partial charge in [0.05, 0.1) is 0 Å². The first-order valence-corrected chi connectivity index (χ1v) is 11.2. The maximum Gasteiger partial charge on any atom is 0.414 e. The Labute approximate surface area is 160 Å². The van der Waals surface area contributed by atoms with Crippen LogP contribution in [0.25, 0.3) is 0 Å². The van der Waals surface area contributed by atoms with Crippen molar-refractivity contribution in [1.29, 1.82) is 0 Å². The fourth-order valence-corrected chi connectivity index (χ4v) is 3.25. The van der Waals surface area contributed by atoms with Crippen molar-refractivity contribution in [3.05, 3.63) is 0 Å². The third-order valence-corrected chi connectivity index (χ3v) is 5.00. The van der Waals surface area contributed by atoms with E-state index in [2.05, 4.69) is 6.92 Å². The average Bonchev–Trinajstić information content (AvgIpc) is 2.59. The molecule has 0 aliphatic carbocycles. The summed E-state index contributed by atoms with van der Waals surface area (Å²) in [6, 6.07) is 0. The monoisotopic (exact) mass is 380 g/mol. The molecule has 26 heavy (non-hydrogen) atoms. The van der Waals surface area contributed by atoms with E-state index < -0.39 is 12.3 Å². The summed E-state index contributed by atoms with van der Waals surface area (Å²) < 4.78 is 43.5. The van der Waals surface area contributed by atoms with E-state index in [0.717, 1.165) is 25.7 Å². The Balaban J connectivity index is 3.34. The molecule has 0 aromatic rings. The Morgan fingerprint density at radius 2 is 0.962 bits per heavy atom. The summed E-state index contributed by atoms with van der Waals surface area (Å²) in [6.07, 6.45) is 13.2. The zero-order chi connectivity index (χ0) is 19.5. The van der Waals surface area contributed by atoms with Gasteiger partial charge in [0.25, 0.3) is 0 Å². The first-order valence-electron chi connectivity index (χ1n) is 11.2. The van der Waals surface area contributed by atoms with Gasteiger partial charge in [0, 0.05) is 6.61 Å². The number of hydrogen-bond donors (Lipinski definition) is 0. The van der Waals surface area contributed by atoms with Crippen LogP contribution in [0.2, 0.25) is 0 Å². The van der Waals surface area contributed by atoms with Crippen LogP contribution in [0, 0.1) is 0 Å². The van der Waals surface area contributed by atoms with Crippen LogP contribution in [-0.2, 0) is 4.74 Å². The normalized spacial score (nSPS) is 13.3. The van der Waals surface area contributed by atoms with E-state index in [1.807, 2.05) is 6.92 Å². The van der Waals surface area contributed by atoms with Gasteiger partial charge in [-0.15, -0.1) is 0 Å². The van der Waals surface area contributed by atoms with Crippen molar-refractivity contribution >= 4 is 0 Å². The van der Waals surface area contributed by atoms with Crippen LogP contribution in [0.15, 0.2) is 0 Å². The van der Waals surface area contributed by atoms with E-state index >= 15 is 0 Å². The molecule has 0 aliphatic rings. The highest BCUT2D eigenvalue weighted by atomic mass is 19.4. The average molecular weight is 381 g/mol. The van der Waals surface area contributed by atoms with Crippen molar-refractivity contribution < 1.29 is 17.9 Å². The van der Waals surface area contributed by atoms with E-state index in [1.54, 1.807) is 0 Å². The molecule has 0 aliphatic heterocycles. The molecule has 0 amide bonds. The molecule has 0 heterocycles. The lowest BCUT2D eigenvalue weighted by Gasteiger charge is -2.20. The Morgan fingerprint density at radius 3 is 1.35 bits per heavy atom. The van der Waals surface area contributed by atoms with Crippen LogP contribution < -0.4 is 0 Å². The summed E-state index contributed by atoms with van der Waals surface area (Å²) in [5.74, 6) is 0. The van der Waals surface area contributed by atoms with Crippen LogP contribution >= 0.6 is 0 Å². The molecule has 0 rings (SSSR count). The summed E-state index contributed by atoms with van der Waals surface area (Å²) in [6.45, 7) is 4.40. The van der Waals surface area contributed by atoms with Gasteiger partial charge in [-0.3, -0.25) is 0 Å². The second kappa shape index (κ2) is 18.1. The van der Waals surface area contributed by atoms with Crippen molar-refractivity contribution in [2.75, 3.05) is 6.61 Å². The van der Waals surface area contributed by atoms with Crippen LogP contribution in [-0.4, -0.2) is 18.9 Å². The topological polar surface area (TPSA) is 9.23 Å². The Morgan fingerprint density at radius 1 is 0.577 bits per heavy atom. The standard InChI is InChI=1S/C22H43F3O/c1-3-5-7-8-9-10-11-12-13-14-15-16-17-18-20-26-21(19-6-4-2)22(23,24)25/h21H,3-20H2,1-2H3. The number of rotatable bonds is 19. The van der Waals surface area contributed by atoms with Gasteiger partial charge in [-0.25, -0.2) is 0 Å². The molecule has 0 bridgehead atoms. The quantitative estimate of drug-likeness (QED) is 0.204. The van der Waals surface area contributed by atoms with Crippen molar-refractivity contribution in [1.82, 2.24) is 0 Å². The highest BCUT2D eigenvalue weighted by Crippen LogP contribution is 2.27. The molecule has 0 spiro atoms. The highest BCUT2D eigenvalue weighted by molar-refractivity contribution is 4.67. The second-order valence-corrected chi connectivity index (χ2v) is 7.64. The molecule has 0 N–H and O–H groups in total. The van der Waals surface area contributed by atoms with Gasteiger partial charge in [-0.05, 0) is 12.8 Å². The number of hydrogen-bond acceptors (Lipinski definition) is 1. The molecule has 0 fully saturated rings. The smallest absolute Gasteiger partial charge is 0.369 e. The molecular formula is C22H43F3O. The SMILES string of the molecule is CCCCCCCCCCCCCCCCOC(CCCC)C(F)(F)F. The van der Waals surface area contributed by atoms with E-state index in [4.69, 9.17) is 4.74 Å². The van der Waals surface area contributed by atoms with Gasteiger partial charge in [0.1, 0.15) is 0 Å². The van der Waals surface area contributed by atoms with Gasteiger partial charge in [0.2, 0.25) is 0 Å². The number of alkyl halides is 3. The zero-order valence-corrected chi connectivity index (χ0v) is 17.3. The maximum atomic E-state index is 12.8. The fourth-order valence-electron chi connectivity index (χ4n) is 3.25. The minimum absolute atomic E-state index is 0.0958. The fraction of sp³-hybridized carbons (Fsp3) is 1.00. The van der Waals surface area contributed by atoms with E-state index in [9.17, 15) is 13.2 Å². The molecule has 0 saturated heterocycles. The van der Waals surface area contributed by atoms with Gasteiger partial charge in [-0.1, -0.05) is 110 Å². The molecule has 0 saturated carbocycles. The predicted octanol–water partition coefficient (Wildman–Crippen LogP) is 8.61. The Kier molecular flexibility index (Phi) is 18.0. The second-order valence-electron chi connectivity index (χ2n) is 7.64. The molecule has 0 aromatic heterocycles. The first-order chi connectivity index (χ1) is 12.5. The number of unbranched alkanes of at least 4 members (excludes halogenated alkanes) is 14. The summed E-state index contributed by atoms with van der Waals surface area (Å²) in [5.41, 5.74) is 0. The molecule has 1 nitrogen and oxygen atoms in total. The summed E-state index contributed by atoms with van der Waals surface area (Å²) >= 11 is 0. The lowest BCUT2D eigenvalue weighted by Crippen LogP contribution is -2.32. The first kappa shape index (κ1) is 25.8. The third kappa shape index (κ3) is 17.2. The molecule has 158 valence electrons. The lowest BCUT2D eigenvalue weighted by atomic mass is 10.0. The highest BCUT2D eigenvalue weighted by Gasteiger charge is 2.39. The molecule has 0 radical (unpaired) electrons. The van der Waals surface area contributed by atoms with Crippen molar-refractivity contribution in [3.8, 4) is 0 Å². The van der Waals surface area contributed by atoms with Crippen LogP contribution in [0.3, 0.4) is 0 Å². The van der Waals surface area contributed by atoms with Crippen LogP contribution in [0.5, 0.6) is 0 Å². The third-order valence-electron chi connectivity index (χ3n) is 5.00. The molecule has 1 unspecified atom stereocenters. The van der Waals surface area contributed by atoms with E-state index in [-0.39, 0.29) is 13.0 Å². The van der Waals surface area contributed by atoms with Crippen LogP contribution in [0.1, 0.15) is 123 Å². The largest absolute Gasteiger partial charge is 0.414 e. The molecule has 0 aromatic carbocycles. The van der Waals surface area contributed by atoms with Gasteiger partial charge in [-0.2, -0.15) is 13.2 Å². The van der Waals surface area contributed by atoms with Crippen molar-refractivity contribution in [3.63, 3.8) is 0 Å². The van der Waals surface area contributed by atoms with Gasteiger partial charge >= 0.3 is 6.18 Å². The summed E-state index contributed by atoms with van der Waals surface area (Å²) in [4.78, 5) is 0. The van der Waals surface area contributed by atoms with E-state index in [1.165, 1.54) is 70.6 Å². The molecule has 1 atom stereocenters. The predicted molar refractivity (Wildman–Crippen MR) is 106 cm³/mol. The Hall–Kier alpha value is -0.250. The summed E-state index contributed by atoms with van der Waals surface area (Å²) in [5, 5.41) is 0. The van der Waals surface area contributed by atoms with Crippen LogP contribution in [0.4, 0.5) is 13.2 Å². The number of halogens is 3. The zero-order valence-electron chi connectivity index (χ0n) is 17.3. The minimum atomic E-state index is -4.22. The molecule has 4 heteroatoms. The van der Waals surface area contributed by atoms with E-state index in [0.29, 0.717) is 6.42 Å². The maximum absolute atomic E-state index is 12.8. The minimum Gasteiger partial charge on any atom is -0.369 e. The molecular weight excluding hydrogens is 337 g/mol. The van der Waals surface area contributed by atoms with Gasteiger partial charge < -0.3 is 4.74 Å². The van der Waals surface area contributed by atoms with Crippen molar-refractivity contribution in [2.24, 2.45) is 0 Å². The Bertz CT molecular complexity index is 279. The lowest BCUT2D eigenvalue weighted by molar-refractivity contribution is -0.222. The summed E-state index contributed by atoms with van der Waals surface area (Å²) in [7, 11) is 0. The van der Waals surface area contributed by atoms with Gasteiger partial charge in [0.15, 0.2) is 6.10 Å². The number of ether oxygens (including phenoxy) is 1. The van der Waals surface area contributed by atoms with Crippen molar-refractivity contribution in [2.45, 2.75) is 135 Å².